The third kappa shape index (κ3) is 2.35. The summed E-state index contributed by atoms with van der Waals surface area (Å²) < 4.78 is 11.4. The van der Waals surface area contributed by atoms with Crippen molar-refractivity contribution in [1.29, 1.82) is 0 Å². The topological polar surface area (TPSA) is 55.8 Å². The zero-order chi connectivity index (χ0) is 15.9. The van der Waals surface area contributed by atoms with Crippen LogP contribution in [0.5, 0.6) is 0 Å². The molecule has 0 saturated carbocycles. The van der Waals surface area contributed by atoms with Crippen LogP contribution in [0.4, 0.5) is 0 Å². The predicted molar refractivity (Wildman–Crippen MR) is 81.0 cm³/mol. The minimum atomic E-state index is -0.600. The number of nitrogens with zero attached hydrogens (tertiary/aromatic N) is 1. The van der Waals surface area contributed by atoms with Crippen molar-refractivity contribution in [2.45, 2.75) is 45.3 Å². The lowest BCUT2D eigenvalue weighted by Crippen LogP contribution is -2.40. The lowest BCUT2D eigenvalue weighted by Gasteiger charge is -2.23. The summed E-state index contributed by atoms with van der Waals surface area (Å²) in [5.41, 5.74) is -0.600. The van der Waals surface area contributed by atoms with Gasteiger partial charge in [0.05, 0.1) is 25.2 Å². The molecule has 3 rings (SSSR count). The summed E-state index contributed by atoms with van der Waals surface area (Å²) in [5.74, 6) is -0.845. The molecule has 5 nitrogen and oxygen atoms in total. The minimum Gasteiger partial charge on any atom is -0.465 e. The van der Waals surface area contributed by atoms with Crippen molar-refractivity contribution >= 4 is 11.9 Å². The van der Waals surface area contributed by atoms with Gasteiger partial charge in [0.25, 0.3) is 0 Å². The van der Waals surface area contributed by atoms with Gasteiger partial charge >= 0.3 is 5.97 Å². The summed E-state index contributed by atoms with van der Waals surface area (Å²) in [5, 5.41) is 0. The number of ether oxygens (including phenoxy) is 2. The van der Waals surface area contributed by atoms with Crippen LogP contribution in [0.15, 0.2) is 12.2 Å². The zero-order valence-corrected chi connectivity index (χ0v) is 13.6. The second-order valence-electron chi connectivity index (χ2n) is 7.04. The van der Waals surface area contributed by atoms with Gasteiger partial charge in [0.15, 0.2) is 0 Å². The number of esters is 1. The van der Waals surface area contributed by atoms with Crippen LogP contribution in [0.1, 0.15) is 33.6 Å². The second-order valence-corrected chi connectivity index (χ2v) is 7.04. The first kappa shape index (κ1) is 15.5. The molecule has 22 heavy (non-hydrogen) atoms. The summed E-state index contributed by atoms with van der Waals surface area (Å²) in [6, 6.07) is 0. The number of carbonyl (C=O) groups excluding carboxylic acids is 2. The Morgan fingerprint density at radius 2 is 2.32 bits per heavy atom. The first-order valence-electron chi connectivity index (χ1n) is 8.31. The number of unbranched alkanes of at least 4 members (excludes halogenated alkanes) is 1. The van der Waals surface area contributed by atoms with Gasteiger partial charge in [-0.3, -0.25) is 9.59 Å². The van der Waals surface area contributed by atoms with E-state index in [1.807, 2.05) is 30.9 Å². The average Bonchev–Trinajstić information content (AvgIpc) is 3.11. The normalized spacial score (nSPS) is 35.5. The molecule has 3 aliphatic heterocycles. The third-order valence-electron chi connectivity index (χ3n) is 4.79. The molecular formula is C17H25NO4. The molecule has 0 aromatic heterocycles. The molecule has 3 aliphatic rings. The Hall–Kier alpha value is -1.36. The Kier molecular flexibility index (Phi) is 4.02. The molecule has 0 radical (unpaired) electrons. The first-order valence-corrected chi connectivity index (χ1v) is 8.31. The molecule has 1 spiro atoms. The molecular weight excluding hydrogens is 282 g/mol. The summed E-state index contributed by atoms with van der Waals surface area (Å²) in [4.78, 5) is 27.0. The van der Waals surface area contributed by atoms with Crippen LogP contribution in [0, 0.1) is 17.8 Å². The van der Waals surface area contributed by atoms with Gasteiger partial charge < -0.3 is 14.4 Å². The first-order chi connectivity index (χ1) is 10.5. The van der Waals surface area contributed by atoms with Crippen molar-refractivity contribution < 1.29 is 19.1 Å². The number of hydrogen-bond acceptors (Lipinski definition) is 4. The third-order valence-corrected chi connectivity index (χ3v) is 4.79. The molecule has 1 amide bonds. The number of rotatable bonds is 6. The molecule has 122 valence electrons. The fourth-order valence-corrected chi connectivity index (χ4v) is 3.73. The van der Waals surface area contributed by atoms with E-state index in [1.54, 1.807) is 0 Å². The molecule has 2 saturated heterocycles. The average molecular weight is 307 g/mol. The van der Waals surface area contributed by atoms with E-state index in [2.05, 4.69) is 6.92 Å². The number of fused-ring (bicyclic) bond motifs is 1. The number of hydrogen-bond donors (Lipinski definition) is 0. The van der Waals surface area contributed by atoms with E-state index in [9.17, 15) is 9.59 Å². The van der Waals surface area contributed by atoms with Crippen LogP contribution in [0.3, 0.4) is 0 Å². The Morgan fingerprint density at radius 3 is 3.00 bits per heavy atom. The van der Waals surface area contributed by atoms with Gasteiger partial charge in [-0.2, -0.15) is 0 Å². The predicted octanol–water partition coefficient (Wildman–Crippen LogP) is 1.77. The van der Waals surface area contributed by atoms with Gasteiger partial charge in [0.2, 0.25) is 5.91 Å². The summed E-state index contributed by atoms with van der Waals surface area (Å²) in [7, 11) is 0. The smallest absolute Gasteiger partial charge is 0.312 e. The van der Waals surface area contributed by atoms with Gasteiger partial charge in [-0.05, 0) is 12.3 Å². The summed E-state index contributed by atoms with van der Waals surface area (Å²) in [6.45, 7) is 7.80. The second kappa shape index (κ2) is 5.69. The molecule has 2 unspecified atom stereocenters. The van der Waals surface area contributed by atoms with Crippen LogP contribution in [-0.2, 0) is 19.1 Å². The maximum Gasteiger partial charge on any atom is 0.312 e. The lowest BCUT2D eigenvalue weighted by atomic mass is 9.77. The Morgan fingerprint density at radius 1 is 1.55 bits per heavy atom. The summed E-state index contributed by atoms with van der Waals surface area (Å²) in [6.07, 6.45) is 5.62. The highest BCUT2D eigenvalue weighted by atomic mass is 16.6. The minimum absolute atomic E-state index is 0.0480. The van der Waals surface area contributed by atoms with Crippen molar-refractivity contribution in [3.63, 3.8) is 0 Å². The molecule has 2 bridgehead atoms. The number of likely N-dealkylation sites (tertiary alicyclic amines) is 1. The van der Waals surface area contributed by atoms with Crippen molar-refractivity contribution in [1.82, 2.24) is 4.90 Å². The van der Waals surface area contributed by atoms with Gasteiger partial charge in [-0.25, -0.2) is 0 Å². The molecule has 4 atom stereocenters. The molecule has 5 heteroatoms. The van der Waals surface area contributed by atoms with E-state index < -0.39 is 17.4 Å². The van der Waals surface area contributed by atoms with Crippen molar-refractivity contribution in [3.8, 4) is 0 Å². The Balaban J connectivity index is 1.76. The van der Waals surface area contributed by atoms with Gasteiger partial charge in [-0.15, -0.1) is 0 Å². The van der Waals surface area contributed by atoms with Gasteiger partial charge in [0, 0.05) is 6.54 Å². The fourth-order valence-electron chi connectivity index (χ4n) is 3.73. The quantitative estimate of drug-likeness (QED) is 0.554. The van der Waals surface area contributed by atoms with Crippen LogP contribution in [0.2, 0.25) is 0 Å². The molecule has 0 N–H and O–H groups in total. The highest BCUT2D eigenvalue weighted by Crippen LogP contribution is 2.52. The lowest BCUT2D eigenvalue weighted by molar-refractivity contribution is -0.154. The summed E-state index contributed by atoms with van der Waals surface area (Å²) >= 11 is 0. The largest absolute Gasteiger partial charge is 0.465 e. The number of amides is 1. The van der Waals surface area contributed by atoms with E-state index in [0.29, 0.717) is 13.2 Å². The maximum atomic E-state index is 12.7. The van der Waals surface area contributed by atoms with E-state index in [1.165, 1.54) is 0 Å². The monoisotopic (exact) mass is 307 g/mol. The molecule has 0 aliphatic carbocycles. The van der Waals surface area contributed by atoms with Crippen LogP contribution < -0.4 is 0 Å². The van der Waals surface area contributed by atoms with Gasteiger partial charge in [0.1, 0.15) is 11.5 Å². The van der Waals surface area contributed by atoms with Crippen LogP contribution >= 0.6 is 0 Å². The standard InChI is InChI=1S/C17H25NO4/c1-4-5-8-18-10-17-7-6-12(22-17)13(14(17)15(18)19)16(20)21-9-11(2)3/h6-7,11-14H,4-5,8-10H2,1-3H3/t12-,13?,14-,17?/m1/s1. The van der Waals surface area contributed by atoms with E-state index in [-0.39, 0.29) is 23.9 Å². The fraction of sp³-hybridized carbons (Fsp3) is 0.765. The maximum absolute atomic E-state index is 12.7. The SMILES string of the molecule is CCCCN1CC23C=C[C@@H](O2)C(C(=O)OCC(C)C)[C@@H]3C1=O. The highest BCUT2D eigenvalue weighted by molar-refractivity contribution is 5.91. The zero-order valence-electron chi connectivity index (χ0n) is 13.6. The molecule has 3 heterocycles. The van der Waals surface area contributed by atoms with E-state index in [4.69, 9.17) is 9.47 Å². The molecule has 0 aromatic carbocycles. The van der Waals surface area contributed by atoms with E-state index >= 15 is 0 Å². The van der Waals surface area contributed by atoms with Crippen molar-refractivity contribution in [2.75, 3.05) is 19.7 Å². The number of carbonyl (C=O) groups is 2. The van der Waals surface area contributed by atoms with Crippen LogP contribution in [0.25, 0.3) is 0 Å². The molecule has 2 fully saturated rings. The Bertz CT molecular complexity index is 501. The van der Waals surface area contributed by atoms with E-state index in [0.717, 1.165) is 19.4 Å². The molecule has 0 aromatic rings. The highest BCUT2D eigenvalue weighted by Gasteiger charge is 2.67. The van der Waals surface area contributed by atoms with Crippen LogP contribution in [-0.4, -0.2) is 48.2 Å². The van der Waals surface area contributed by atoms with Gasteiger partial charge in [-0.1, -0.05) is 39.3 Å². The van der Waals surface area contributed by atoms with Crippen molar-refractivity contribution in [2.24, 2.45) is 17.8 Å². The Labute approximate surface area is 131 Å². The van der Waals surface area contributed by atoms with Crippen molar-refractivity contribution in [3.05, 3.63) is 12.2 Å².